The maximum Gasteiger partial charge on any atom is 0.328 e. The van der Waals surface area contributed by atoms with Crippen LogP contribution >= 0.6 is 0 Å². The number of hydrogen-bond donors (Lipinski definition) is 0. The third-order valence-electron chi connectivity index (χ3n) is 4.55. The predicted octanol–water partition coefficient (Wildman–Crippen LogP) is 1.65. The third-order valence-corrected chi connectivity index (χ3v) is 6.56. The van der Waals surface area contributed by atoms with E-state index in [9.17, 15) is 18.0 Å². The molecule has 0 aromatic carbocycles. The van der Waals surface area contributed by atoms with Crippen LogP contribution in [0.1, 0.15) is 38.4 Å². The van der Waals surface area contributed by atoms with E-state index in [2.05, 4.69) is 5.92 Å². The van der Waals surface area contributed by atoms with Crippen LogP contribution in [0.5, 0.6) is 0 Å². The van der Waals surface area contributed by atoms with E-state index < -0.39 is 20.6 Å². The minimum absolute atomic E-state index is 0.0403. The molecule has 0 saturated carbocycles. The highest BCUT2D eigenvalue weighted by Gasteiger charge is 2.46. The molecule has 8 heteroatoms. The SMILES string of the molecule is C#Cc1cc2n(c1)C(=O)N(CCC(C)(C(=O)OCC(C)C)S(C)(=O)=O)C2. The molecule has 0 aliphatic carbocycles. The monoisotopic (exact) mass is 380 g/mol. The summed E-state index contributed by atoms with van der Waals surface area (Å²) in [4.78, 5) is 26.3. The molecule has 2 heterocycles. The summed E-state index contributed by atoms with van der Waals surface area (Å²) in [6.07, 6.45) is 7.88. The standard InChI is InChI=1S/C18H24N2O5S/c1-6-14-9-15-11-19(17(22)20(15)10-14)8-7-18(4,26(5,23)24)16(21)25-12-13(2)3/h1,9-10,13H,7-8,11-12H2,2-5H3. The van der Waals surface area contributed by atoms with Crippen LogP contribution in [0.4, 0.5) is 4.79 Å². The zero-order chi connectivity index (χ0) is 19.7. The van der Waals surface area contributed by atoms with Crippen molar-refractivity contribution in [3.63, 3.8) is 0 Å². The molecular weight excluding hydrogens is 356 g/mol. The van der Waals surface area contributed by atoms with E-state index in [1.165, 1.54) is 16.4 Å². The average Bonchev–Trinajstić information content (AvgIpc) is 3.08. The van der Waals surface area contributed by atoms with Crippen molar-refractivity contribution in [1.29, 1.82) is 0 Å². The first-order chi connectivity index (χ1) is 12.0. The Morgan fingerprint density at radius 3 is 2.62 bits per heavy atom. The van der Waals surface area contributed by atoms with Crippen molar-refractivity contribution in [2.45, 2.75) is 38.5 Å². The molecule has 0 saturated heterocycles. The fourth-order valence-corrected chi connectivity index (χ4v) is 3.48. The predicted molar refractivity (Wildman–Crippen MR) is 97.2 cm³/mol. The quantitative estimate of drug-likeness (QED) is 0.530. The molecule has 1 aromatic rings. The minimum Gasteiger partial charge on any atom is -0.464 e. The topological polar surface area (TPSA) is 85.7 Å². The molecule has 1 aliphatic heterocycles. The van der Waals surface area contributed by atoms with Gasteiger partial charge in [-0.05, 0) is 25.3 Å². The molecule has 0 radical (unpaired) electrons. The summed E-state index contributed by atoms with van der Waals surface area (Å²) in [6, 6.07) is 1.46. The van der Waals surface area contributed by atoms with Crippen LogP contribution in [0.2, 0.25) is 0 Å². The van der Waals surface area contributed by atoms with Crippen LogP contribution in [0.3, 0.4) is 0 Å². The molecular formula is C18H24N2O5S. The summed E-state index contributed by atoms with van der Waals surface area (Å²) < 4.78 is 29.4. The van der Waals surface area contributed by atoms with Gasteiger partial charge in [0.1, 0.15) is 0 Å². The molecule has 0 fully saturated rings. The number of carbonyl (C=O) groups is 2. The Kier molecular flexibility index (Phi) is 5.52. The molecule has 142 valence electrons. The van der Waals surface area contributed by atoms with Crippen LogP contribution in [-0.4, -0.2) is 54.0 Å². The number of carbonyl (C=O) groups excluding carboxylic acids is 2. The second-order valence-electron chi connectivity index (χ2n) is 7.18. The molecule has 1 unspecified atom stereocenters. The van der Waals surface area contributed by atoms with Gasteiger partial charge in [-0.25, -0.2) is 13.2 Å². The van der Waals surface area contributed by atoms with Gasteiger partial charge in [-0.1, -0.05) is 19.8 Å². The molecule has 1 aliphatic rings. The smallest absolute Gasteiger partial charge is 0.328 e. The van der Waals surface area contributed by atoms with Gasteiger partial charge in [-0.3, -0.25) is 9.36 Å². The van der Waals surface area contributed by atoms with Gasteiger partial charge in [0.05, 0.1) is 13.2 Å². The second kappa shape index (κ2) is 7.16. The Morgan fingerprint density at radius 1 is 1.46 bits per heavy atom. The number of rotatable bonds is 7. The minimum atomic E-state index is -3.73. The molecule has 1 aromatic heterocycles. The maximum absolute atomic E-state index is 12.4. The van der Waals surface area contributed by atoms with Crippen LogP contribution in [0.25, 0.3) is 0 Å². The molecule has 0 bridgehead atoms. The Labute approximate surface area is 154 Å². The lowest BCUT2D eigenvalue weighted by molar-refractivity contribution is -0.147. The van der Waals surface area contributed by atoms with Crippen LogP contribution in [-0.2, 0) is 25.9 Å². The van der Waals surface area contributed by atoms with Crippen LogP contribution in [0, 0.1) is 18.3 Å². The molecule has 0 N–H and O–H groups in total. The number of hydrogen-bond acceptors (Lipinski definition) is 5. The average molecular weight is 380 g/mol. The first-order valence-electron chi connectivity index (χ1n) is 8.33. The lowest BCUT2D eigenvalue weighted by Gasteiger charge is -2.28. The normalized spacial score (nSPS) is 16.3. The largest absolute Gasteiger partial charge is 0.464 e. The van der Waals surface area contributed by atoms with E-state index in [1.54, 1.807) is 12.3 Å². The summed E-state index contributed by atoms with van der Waals surface area (Å²) in [7, 11) is -3.73. The number of esters is 1. The highest BCUT2D eigenvalue weighted by atomic mass is 32.2. The van der Waals surface area contributed by atoms with Crippen molar-refractivity contribution < 1.29 is 22.7 Å². The van der Waals surface area contributed by atoms with Crippen molar-refractivity contribution in [1.82, 2.24) is 9.47 Å². The van der Waals surface area contributed by atoms with E-state index in [4.69, 9.17) is 11.2 Å². The van der Waals surface area contributed by atoms with Gasteiger partial charge in [-0.15, -0.1) is 6.42 Å². The van der Waals surface area contributed by atoms with Crippen molar-refractivity contribution in [3.05, 3.63) is 23.5 Å². The summed E-state index contributed by atoms with van der Waals surface area (Å²) in [5, 5.41) is 0. The molecule has 1 amide bonds. The van der Waals surface area contributed by atoms with E-state index in [1.807, 2.05) is 13.8 Å². The zero-order valence-electron chi connectivity index (χ0n) is 15.5. The van der Waals surface area contributed by atoms with E-state index in [0.717, 1.165) is 11.9 Å². The van der Waals surface area contributed by atoms with E-state index in [0.29, 0.717) is 12.1 Å². The lowest BCUT2D eigenvalue weighted by Crippen LogP contribution is -2.47. The van der Waals surface area contributed by atoms with Crippen molar-refractivity contribution in [2.24, 2.45) is 5.92 Å². The van der Waals surface area contributed by atoms with Gasteiger partial charge < -0.3 is 9.64 Å². The van der Waals surface area contributed by atoms with Gasteiger partial charge in [0.25, 0.3) is 0 Å². The Morgan fingerprint density at radius 2 is 2.12 bits per heavy atom. The fourth-order valence-electron chi connectivity index (χ4n) is 2.66. The van der Waals surface area contributed by atoms with Gasteiger partial charge in [0.2, 0.25) is 0 Å². The van der Waals surface area contributed by atoms with Gasteiger partial charge >= 0.3 is 12.0 Å². The number of fused-ring (bicyclic) bond motifs is 1. The summed E-state index contributed by atoms with van der Waals surface area (Å²) in [5.41, 5.74) is 1.36. The highest BCUT2D eigenvalue weighted by Crippen LogP contribution is 2.26. The number of terminal acetylenes is 1. The summed E-state index contributed by atoms with van der Waals surface area (Å²) in [5.74, 6) is 1.79. The summed E-state index contributed by atoms with van der Waals surface area (Å²) in [6.45, 7) is 5.67. The summed E-state index contributed by atoms with van der Waals surface area (Å²) >= 11 is 0. The van der Waals surface area contributed by atoms with Crippen LogP contribution < -0.4 is 0 Å². The Bertz CT molecular complexity index is 863. The number of ether oxygens (including phenoxy) is 1. The third kappa shape index (κ3) is 3.78. The van der Waals surface area contributed by atoms with Crippen molar-refractivity contribution in [2.75, 3.05) is 19.4 Å². The Balaban J connectivity index is 2.11. The first kappa shape index (κ1) is 20.0. The first-order valence-corrected chi connectivity index (χ1v) is 10.2. The maximum atomic E-state index is 12.4. The number of nitrogens with zero attached hydrogens (tertiary/aromatic N) is 2. The second-order valence-corrected chi connectivity index (χ2v) is 9.63. The number of sulfone groups is 1. The highest BCUT2D eigenvalue weighted by molar-refractivity contribution is 7.92. The molecule has 26 heavy (non-hydrogen) atoms. The van der Waals surface area contributed by atoms with Gasteiger partial charge in [0.15, 0.2) is 14.6 Å². The van der Waals surface area contributed by atoms with Gasteiger partial charge in [-0.2, -0.15) is 0 Å². The molecule has 0 spiro atoms. The molecule has 1 atom stereocenters. The number of aromatic nitrogens is 1. The van der Waals surface area contributed by atoms with Crippen molar-refractivity contribution >= 4 is 21.8 Å². The van der Waals surface area contributed by atoms with E-state index >= 15 is 0 Å². The number of amides is 1. The van der Waals surface area contributed by atoms with E-state index in [-0.39, 0.29) is 31.5 Å². The zero-order valence-corrected chi connectivity index (χ0v) is 16.3. The molecule has 2 rings (SSSR count). The van der Waals surface area contributed by atoms with Gasteiger partial charge in [0, 0.05) is 30.3 Å². The fraction of sp³-hybridized carbons (Fsp3) is 0.556. The Hall–Kier alpha value is -2.27. The van der Waals surface area contributed by atoms with Crippen molar-refractivity contribution in [3.8, 4) is 12.3 Å². The van der Waals surface area contributed by atoms with Crippen LogP contribution in [0.15, 0.2) is 12.3 Å². The molecule has 7 nitrogen and oxygen atoms in total. The lowest BCUT2D eigenvalue weighted by atomic mass is 10.1.